The normalized spacial score (nSPS) is 12.6. The first-order valence-electron chi connectivity index (χ1n) is 7.12. The molecule has 0 aliphatic heterocycles. The van der Waals surface area contributed by atoms with E-state index in [-0.39, 0.29) is 12.1 Å². The molecule has 0 aliphatic carbocycles. The highest BCUT2D eigenvalue weighted by Crippen LogP contribution is 2.24. The molecule has 124 valence electrons. The summed E-state index contributed by atoms with van der Waals surface area (Å²) in [5.74, 6) is 1.36. The van der Waals surface area contributed by atoms with Crippen LogP contribution in [0.15, 0.2) is 41.5 Å². The van der Waals surface area contributed by atoms with Crippen LogP contribution in [0.4, 0.5) is 5.95 Å². The van der Waals surface area contributed by atoms with Gasteiger partial charge in [-0.3, -0.25) is 10.3 Å². The maximum Gasteiger partial charge on any atom is 0.272 e. The largest absolute Gasteiger partial charge is 0.484 e. The van der Waals surface area contributed by atoms with Gasteiger partial charge in [0.1, 0.15) is 18.2 Å². The fraction of sp³-hybridized carbons (Fsp3) is 0.200. The number of benzene rings is 1. The Morgan fingerprint density at radius 3 is 3.04 bits per heavy atom. The van der Waals surface area contributed by atoms with E-state index in [0.29, 0.717) is 16.5 Å². The van der Waals surface area contributed by atoms with Gasteiger partial charge in [-0.2, -0.15) is 14.5 Å². The first-order chi connectivity index (χ1) is 11.7. The minimum absolute atomic E-state index is 0.259. The van der Waals surface area contributed by atoms with Gasteiger partial charge in [0.15, 0.2) is 0 Å². The quantitative estimate of drug-likeness (QED) is 0.419. The predicted molar refractivity (Wildman–Crippen MR) is 89.6 cm³/mol. The monoisotopic (exact) mass is 346 g/mol. The molecule has 0 aliphatic rings. The number of aromatic nitrogens is 4. The molecule has 0 amide bonds. The van der Waals surface area contributed by atoms with Crippen molar-refractivity contribution in [1.82, 2.24) is 25.1 Å². The van der Waals surface area contributed by atoms with E-state index in [4.69, 9.17) is 16.3 Å². The van der Waals surface area contributed by atoms with Crippen LogP contribution in [0.3, 0.4) is 0 Å². The maximum atomic E-state index is 5.98. The van der Waals surface area contributed by atoms with Crippen LogP contribution in [0.5, 0.6) is 5.75 Å². The van der Waals surface area contributed by atoms with Crippen molar-refractivity contribution in [2.75, 3.05) is 7.11 Å². The Labute approximate surface area is 143 Å². The smallest absolute Gasteiger partial charge is 0.272 e. The lowest BCUT2D eigenvalue weighted by molar-refractivity contribution is 0.148. The maximum absolute atomic E-state index is 5.98. The molecule has 8 nitrogen and oxygen atoms in total. The molecule has 0 saturated heterocycles. The van der Waals surface area contributed by atoms with E-state index in [1.54, 1.807) is 22.8 Å². The van der Waals surface area contributed by atoms with E-state index in [9.17, 15) is 0 Å². The fourth-order valence-electron chi connectivity index (χ4n) is 2.10. The Balaban J connectivity index is 1.88. The molecule has 1 N–H and O–H groups in total. The van der Waals surface area contributed by atoms with Crippen molar-refractivity contribution in [1.29, 1.82) is 0 Å². The van der Waals surface area contributed by atoms with Crippen molar-refractivity contribution in [2.45, 2.75) is 13.0 Å². The lowest BCUT2D eigenvalue weighted by atomic mass is 10.2. The number of rotatable bonds is 6. The van der Waals surface area contributed by atoms with Gasteiger partial charge in [0.2, 0.25) is 0 Å². The number of hydrogen-bond acceptors (Lipinski definition) is 6. The Kier molecular flexibility index (Phi) is 4.88. The highest BCUT2D eigenvalue weighted by atomic mass is 35.5. The minimum atomic E-state index is -0.287. The Hall–Kier alpha value is -2.71. The zero-order chi connectivity index (χ0) is 16.9. The molecule has 0 fully saturated rings. The van der Waals surface area contributed by atoms with Crippen molar-refractivity contribution < 1.29 is 9.57 Å². The molecule has 0 spiro atoms. The van der Waals surface area contributed by atoms with Crippen molar-refractivity contribution in [3.05, 3.63) is 47.2 Å². The molecule has 0 saturated carbocycles. The van der Waals surface area contributed by atoms with E-state index >= 15 is 0 Å². The van der Waals surface area contributed by atoms with E-state index < -0.39 is 0 Å². The number of aliphatic imine (C=N–C) groups is 1. The van der Waals surface area contributed by atoms with Crippen LogP contribution in [-0.4, -0.2) is 33.0 Å². The minimum Gasteiger partial charge on any atom is -0.484 e. The second-order valence-electron chi connectivity index (χ2n) is 4.79. The SMILES string of the molecule is CONC=Nc1nc2nccc([C@H](C)Oc3cccc(Cl)c3)n2n1. The number of halogens is 1. The van der Waals surface area contributed by atoms with Gasteiger partial charge in [0.25, 0.3) is 11.7 Å². The van der Waals surface area contributed by atoms with Crippen molar-refractivity contribution in [3.63, 3.8) is 0 Å². The van der Waals surface area contributed by atoms with Crippen molar-refractivity contribution in [2.24, 2.45) is 4.99 Å². The van der Waals surface area contributed by atoms with Crippen molar-refractivity contribution in [3.8, 4) is 5.75 Å². The summed E-state index contributed by atoms with van der Waals surface area (Å²) in [4.78, 5) is 17.1. The second kappa shape index (κ2) is 7.24. The highest BCUT2D eigenvalue weighted by molar-refractivity contribution is 6.30. The summed E-state index contributed by atoms with van der Waals surface area (Å²) in [6.07, 6.45) is 2.71. The summed E-state index contributed by atoms with van der Waals surface area (Å²) >= 11 is 5.98. The zero-order valence-corrected chi connectivity index (χ0v) is 13.8. The first-order valence-corrected chi connectivity index (χ1v) is 7.50. The van der Waals surface area contributed by atoms with E-state index in [2.05, 4.69) is 30.4 Å². The number of nitrogens with one attached hydrogen (secondary N) is 1. The number of fused-ring (bicyclic) bond motifs is 1. The van der Waals surface area contributed by atoms with E-state index in [1.807, 2.05) is 25.1 Å². The van der Waals surface area contributed by atoms with Gasteiger partial charge < -0.3 is 4.74 Å². The van der Waals surface area contributed by atoms with Gasteiger partial charge in [-0.05, 0) is 31.2 Å². The average molecular weight is 347 g/mol. The molecule has 2 aromatic heterocycles. The van der Waals surface area contributed by atoms with Crippen LogP contribution >= 0.6 is 11.6 Å². The Morgan fingerprint density at radius 1 is 1.38 bits per heavy atom. The van der Waals surface area contributed by atoms with Gasteiger partial charge in [-0.15, -0.1) is 5.10 Å². The molecular formula is C15H15ClN6O2. The third-order valence-electron chi connectivity index (χ3n) is 3.13. The summed E-state index contributed by atoms with van der Waals surface area (Å²) in [6.45, 7) is 1.91. The summed E-state index contributed by atoms with van der Waals surface area (Å²) in [7, 11) is 1.48. The standard InChI is InChI=1S/C15H15ClN6O2/c1-10(24-12-5-3-4-11(16)8-12)13-6-7-17-15-20-14(21-22(13)15)18-9-19-23-2/h3-10H,1-2H3,(H,18,19,21)/t10-/m0/s1. The second-order valence-corrected chi connectivity index (χ2v) is 5.23. The van der Waals surface area contributed by atoms with Crippen molar-refractivity contribution >= 4 is 29.7 Å². The van der Waals surface area contributed by atoms with E-state index in [0.717, 1.165) is 5.69 Å². The number of ether oxygens (including phenoxy) is 1. The Bertz CT molecular complexity index is 866. The van der Waals surface area contributed by atoms with Crippen LogP contribution in [-0.2, 0) is 4.84 Å². The lowest BCUT2D eigenvalue weighted by Gasteiger charge is -2.15. The molecule has 0 bridgehead atoms. The third kappa shape index (κ3) is 3.61. The van der Waals surface area contributed by atoms with Crippen LogP contribution in [0.2, 0.25) is 5.02 Å². The molecule has 1 atom stereocenters. The van der Waals surface area contributed by atoms with Gasteiger partial charge in [-0.1, -0.05) is 17.7 Å². The van der Waals surface area contributed by atoms with Gasteiger partial charge in [0.05, 0.1) is 12.8 Å². The molecule has 3 rings (SSSR count). The summed E-state index contributed by atoms with van der Waals surface area (Å²) in [5, 5.41) is 4.92. The fourth-order valence-corrected chi connectivity index (χ4v) is 2.29. The molecule has 0 radical (unpaired) electrons. The zero-order valence-electron chi connectivity index (χ0n) is 13.0. The summed E-state index contributed by atoms with van der Waals surface area (Å²) in [6, 6.07) is 9.03. The number of hydrogen-bond donors (Lipinski definition) is 1. The molecule has 1 aromatic carbocycles. The van der Waals surface area contributed by atoms with Gasteiger partial charge in [-0.25, -0.2) is 4.98 Å². The van der Waals surface area contributed by atoms with E-state index in [1.165, 1.54) is 13.4 Å². The van der Waals surface area contributed by atoms with Crippen LogP contribution in [0.25, 0.3) is 5.78 Å². The molecule has 9 heteroatoms. The van der Waals surface area contributed by atoms with Gasteiger partial charge in [0, 0.05) is 11.2 Å². The lowest BCUT2D eigenvalue weighted by Crippen LogP contribution is -2.10. The molecule has 24 heavy (non-hydrogen) atoms. The van der Waals surface area contributed by atoms with Crippen LogP contribution in [0, 0.1) is 0 Å². The predicted octanol–water partition coefficient (Wildman–Crippen LogP) is 2.73. The highest BCUT2D eigenvalue weighted by Gasteiger charge is 2.15. The third-order valence-corrected chi connectivity index (χ3v) is 3.37. The van der Waals surface area contributed by atoms with Crippen LogP contribution < -0.4 is 10.2 Å². The average Bonchev–Trinajstić information content (AvgIpc) is 2.97. The molecular weight excluding hydrogens is 332 g/mol. The van der Waals surface area contributed by atoms with Gasteiger partial charge >= 0.3 is 0 Å². The Morgan fingerprint density at radius 2 is 2.25 bits per heavy atom. The van der Waals surface area contributed by atoms with Crippen LogP contribution in [0.1, 0.15) is 18.7 Å². The topological polar surface area (TPSA) is 85.9 Å². The molecule has 0 unspecified atom stereocenters. The first kappa shape index (κ1) is 16.2. The summed E-state index contributed by atoms with van der Waals surface area (Å²) < 4.78 is 7.52. The number of hydroxylamine groups is 1. The summed E-state index contributed by atoms with van der Waals surface area (Å²) in [5.41, 5.74) is 3.26. The number of nitrogens with zero attached hydrogens (tertiary/aromatic N) is 5. The molecule has 2 heterocycles. The molecule has 3 aromatic rings.